The molecule has 0 fully saturated rings. The number of hydrogen-bond acceptors (Lipinski definition) is 5. The molecule has 8 nitrogen and oxygen atoms in total. The molecule has 2 heterocycles. The van der Waals surface area contributed by atoms with Crippen molar-refractivity contribution in [1.29, 1.82) is 0 Å². The molecule has 0 spiro atoms. The first kappa shape index (κ1) is 21.2. The van der Waals surface area contributed by atoms with E-state index >= 15 is 0 Å². The molecule has 4 rings (SSSR count). The van der Waals surface area contributed by atoms with Gasteiger partial charge in [0.05, 0.1) is 28.2 Å². The molecule has 0 radical (unpaired) electrons. The number of carbonyl (C=O) groups is 1. The van der Waals surface area contributed by atoms with Crippen LogP contribution in [0.3, 0.4) is 0 Å². The van der Waals surface area contributed by atoms with Crippen LogP contribution < -0.4 is 10.3 Å². The Balaban J connectivity index is 1.73. The lowest BCUT2D eigenvalue weighted by molar-refractivity contribution is -0.274. The third kappa shape index (κ3) is 4.50. The summed E-state index contributed by atoms with van der Waals surface area (Å²) in [5, 5.41) is 13.1. The Bertz CT molecular complexity index is 1240. The van der Waals surface area contributed by atoms with E-state index in [0.29, 0.717) is 35.4 Å². The SMILES string of the molecule is O=C(O)Cn1nc(Cc2nc3cc(OC(F)(F)F)c(Cl)cc3[nH]2)c2c(c1=O)CCCC2. The van der Waals surface area contributed by atoms with Crippen molar-refractivity contribution < 1.29 is 27.8 Å². The lowest BCUT2D eigenvalue weighted by Gasteiger charge is -2.19. The molecule has 0 unspecified atom stereocenters. The number of carboxylic acid groups (broad SMARTS) is 1. The molecule has 0 bridgehead atoms. The summed E-state index contributed by atoms with van der Waals surface area (Å²) >= 11 is 5.88. The summed E-state index contributed by atoms with van der Waals surface area (Å²) in [4.78, 5) is 31.0. The first-order valence-corrected chi connectivity index (χ1v) is 9.76. The van der Waals surface area contributed by atoms with Gasteiger partial charge in [0.1, 0.15) is 18.1 Å². The first-order chi connectivity index (χ1) is 14.6. The van der Waals surface area contributed by atoms with Crippen LogP contribution >= 0.6 is 11.6 Å². The van der Waals surface area contributed by atoms with Gasteiger partial charge in [0, 0.05) is 11.6 Å². The first-order valence-electron chi connectivity index (χ1n) is 9.38. The highest BCUT2D eigenvalue weighted by atomic mass is 35.5. The zero-order valence-electron chi connectivity index (χ0n) is 15.9. The maximum absolute atomic E-state index is 12.6. The van der Waals surface area contributed by atoms with Crippen molar-refractivity contribution in [3.63, 3.8) is 0 Å². The summed E-state index contributed by atoms with van der Waals surface area (Å²) in [5.41, 5.74) is 2.04. The highest BCUT2D eigenvalue weighted by Crippen LogP contribution is 2.33. The Morgan fingerprint density at radius 1 is 1.26 bits per heavy atom. The van der Waals surface area contributed by atoms with Gasteiger partial charge in [-0.15, -0.1) is 13.2 Å². The van der Waals surface area contributed by atoms with Gasteiger partial charge < -0.3 is 14.8 Å². The molecule has 2 aromatic heterocycles. The van der Waals surface area contributed by atoms with E-state index in [9.17, 15) is 22.8 Å². The Morgan fingerprint density at radius 3 is 2.65 bits per heavy atom. The number of aromatic amines is 1. The highest BCUT2D eigenvalue weighted by Gasteiger charge is 2.32. The Kier molecular flexibility index (Phi) is 5.38. The van der Waals surface area contributed by atoms with E-state index in [2.05, 4.69) is 19.8 Å². The van der Waals surface area contributed by atoms with Crippen LogP contribution in [0.5, 0.6) is 5.75 Å². The quantitative estimate of drug-likeness (QED) is 0.610. The van der Waals surface area contributed by atoms with Crippen LogP contribution in [0.15, 0.2) is 16.9 Å². The number of benzene rings is 1. The van der Waals surface area contributed by atoms with Crippen LogP contribution in [-0.2, 0) is 30.6 Å². The van der Waals surface area contributed by atoms with E-state index in [1.165, 1.54) is 6.07 Å². The molecule has 12 heteroatoms. The lowest BCUT2D eigenvalue weighted by Crippen LogP contribution is -2.33. The van der Waals surface area contributed by atoms with Gasteiger partial charge >= 0.3 is 12.3 Å². The number of nitrogens with zero attached hydrogens (tertiary/aromatic N) is 3. The molecular formula is C19H16ClF3N4O4. The summed E-state index contributed by atoms with van der Waals surface area (Å²) in [7, 11) is 0. The average molecular weight is 457 g/mol. The summed E-state index contributed by atoms with van der Waals surface area (Å²) in [6, 6.07) is 2.36. The molecule has 3 aromatic rings. The molecule has 164 valence electrons. The van der Waals surface area contributed by atoms with Gasteiger partial charge in [-0.2, -0.15) is 5.10 Å². The fourth-order valence-corrected chi connectivity index (χ4v) is 3.96. The largest absolute Gasteiger partial charge is 0.573 e. The number of nitrogens with one attached hydrogen (secondary N) is 1. The number of aliphatic carboxylic acids is 1. The Morgan fingerprint density at radius 2 is 1.97 bits per heavy atom. The molecule has 1 aliphatic carbocycles. The lowest BCUT2D eigenvalue weighted by atomic mass is 9.91. The topological polar surface area (TPSA) is 110 Å². The second-order valence-corrected chi connectivity index (χ2v) is 7.58. The van der Waals surface area contributed by atoms with Crippen molar-refractivity contribution in [2.45, 2.75) is 45.0 Å². The summed E-state index contributed by atoms with van der Waals surface area (Å²) in [6.45, 7) is -0.563. The summed E-state index contributed by atoms with van der Waals surface area (Å²) < 4.78 is 42.5. The maximum Gasteiger partial charge on any atom is 0.573 e. The molecule has 0 atom stereocenters. The third-order valence-electron chi connectivity index (χ3n) is 4.98. The number of halogens is 4. The van der Waals surface area contributed by atoms with E-state index in [4.69, 9.17) is 16.7 Å². The van der Waals surface area contributed by atoms with Crippen LogP contribution in [0.1, 0.15) is 35.5 Å². The van der Waals surface area contributed by atoms with Crippen molar-refractivity contribution in [2.75, 3.05) is 0 Å². The fraction of sp³-hybridized carbons (Fsp3) is 0.368. The molecule has 1 aromatic carbocycles. The average Bonchev–Trinajstić information content (AvgIpc) is 3.05. The number of H-pyrrole nitrogens is 1. The number of rotatable bonds is 5. The number of ether oxygens (including phenoxy) is 1. The normalized spacial score (nSPS) is 13.9. The second-order valence-electron chi connectivity index (χ2n) is 7.18. The number of carboxylic acids is 1. The third-order valence-corrected chi connectivity index (χ3v) is 5.28. The van der Waals surface area contributed by atoms with Crippen LogP contribution in [0.4, 0.5) is 13.2 Å². The zero-order valence-corrected chi connectivity index (χ0v) is 16.7. The number of imidazole rings is 1. The number of hydrogen-bond donors (Lipinski definition) is 2. The van der Waals surface area contributed by atoms with Gasteiger partial charge in [-0.3, -0.25) is 9.59 Å². The minimum Gasteiger partial charge on any atom is -0.480 e. The zero-order chi connectivity index (χ0) is 22.3. The van der Waals surface area contributed by atoms with E-state index in [-0.39, 0.29) is 17.0 Å². The monoisotopic (exact) mass is 456 g/mol. The van der Waals surface area contributed by atoms with E-state index in [0.717, 1.165) is 29.2 Å². The van der Waals surface area contributed by atoms with Gasteiger partial charge in [0.25, 0.3) is 5.56 Å². The fourth-order valence-electron chi connectivity index (χ4n) is 3.75. The molecule has 0 aliphatic heterocycles. The number of aromatic nitrogens is 4. The van der Waals surface area contributed by atoms with Crippen molar-refractivity contribution >= 4 is 28.6 Å². The number of fused-ring (bicyclic) bond motifs is 2. The van der Waals surface area contributed by atoms with E-state index < -0.39 is 30.2 Å². The molecule has 31 heavy (non-hydrogen) atoms. The van der Waals surface area contributed by atoms with Gasteiger partial charge in [-0.25, -0.2) is 9.67 Å². The van der Waals surface area contributed by atoms with Crippen LogP contribution in [0.2, 0.25) is 5.02 Å². The van der Waals surface area contributed by atoms with Crippen molar-refractivity contribution in [1.82, 2.24) is 19.7 Å². The molecule has 0 amide bonds. The van der Waals surface area contributed by atoms with Crippen molar-refractivity contribution in [3.05, 3.63) is 50.2 Å². The minimum absolute atomic E-state index is 0.143. The molecule has 0 saturated carbocycles. The highest BCUT2D eigenvalue weighted by molar-refractivity contribution is 6.32. The minimum atomic E-state index is -4.89. The summed E-state index contributed by atoms with van der Waals surface area (Å²) in [5.74, 6) is -1.37. The molecule has 1 aliphatic rings. The number of alkyl halides is 3. The summed E-state index contributed by atoms with van der Waals surface area (Å²) in [6.07, 6.45) is -1.88. The molecule has 2 N–H and O–H groups in total. The van der Waals surface area contributed by atoms with Crippen molar-refractivity contribution in [3.8, 4) is 5.75 Å². The van der Waals surface area contributed by atoms with Crippen LogP contribution in [0, 0.1) is 0 Å². The second kappa shape index (κ2) is 7.88. The van der Waals surface area contributed by atoms with E-state index in [1.807, 2.05) is 0 Å². The maximum atomic E-state index is 12.6. The van der Waals surface area contributed by atoms with Gasteiger partial charge in [-0.05, 0) is 37.3 Å². The van der Waals surface area contributed by atoms with Crippen LogP contribution in [0.25, 0.3) is 11.0 Å². The smallest absolute Gasteiger partial charge is 0.480 e. The van der Waals surface area contributed by atoms with Gasteiger partial charge in [0.15, 0.2) is 0 Å². The standard InChI is InChI=1S/C19H16ClF3N4O4/c20-11-5-13-14(6-15(11)31-19(21,22)23)25-16(24-13)7-12-9-3-1-2-4-10(9)18(30)27(26-12)8-17(28)29/h5-6H,1-4,7-8H2,(H,24,25)(H,28,29). The van der Waals surface area contributed by atoms with Gasteiger partial charge in [-0.1, -0.05) is 11.6 Å². The Labute approximate surface area is 177 Å². The van der Waals surface area contributed by atoms with Gasteiger partial charge in [0.2, 0.25) is 0 Å². The predicted octanol–water partition coefficient (Wildman–Crippen LogP) is 3.23. The van der Waals surface area contributed by atoms with Crippen molar-refractivity contribution in [2.24, 2.45) is 0 Å². The molecule has 0 saturated heterocycles. The molecular weight excluding hydrogens is 441 g/mol. The Hall–Kier alpha value is -3.08. The predicted molar refractivity (Wildman–Crippen MR) is 103 cm³/mol. The van der Waals surface area contributed by atoms with Crippen LogP contribution in [-0.4, -0.2) is 37.2 Å². The van der Waals surface area contributed by atoms with E-state index in [1.54, 1.807) is 0 Å².